The van der Waals surface area contributed by atoms with Crippen LogP contribution in [0.4, 0.5) is 0 Å². The average molecular weight is 263 g/mol. The minimum absolute atomic E-state index is 0.0982. The van der Waals surface area contributed by atoms with Crippen molar-refractivity contribution in [3.05, 3.63) is 27.2 Å². The highest BCUT2D eigenvalue weighted by Gasteiger charge is 2.18. The van der Waals surface area contributed by atoms with Gasteiger partial charge in [-0.15, -0.1) is 11.3 Å². The standard InChI is InChI=1S/C8H4Cl2N2O2S/c9-4-2-1-3(15-4)6-5(10)7(8(13)14)12-11-6/h1-2H,(H,11,12)(H,13,14). The molecule has 2 heterocycles. The van der Waals surface area contributed by atoms with Crippen LogP contribution in [0.2, 0.25) is 9.36 Å². The number of carbonyl (C=O) groups is 1. The molecule has 78 valence electrons. The Kier molecular flexibility index (Phi) is 2.68. The molecule has 0 aliphatic heterocycles. The number of rotatable bonds is 2. The Labute approximate surface area is 98.5 Å². The summed E-state index contributed by atoms with van der Waals surface area (Å²) in [7, 11) is 0. The smallest absolute Gasteiger partial charge is 0.357 e. The van der Waals surface area contributed by atoms with Crippen LogP contribution in [0.5, 0.6) is 0 Å². The van der Waals surface area contributed by atoms with Crippen LogP contribution >= 0.6 is 34.5 Å². The summed E-state index contributed by atoms with van der Waals surface area (Å²) in [6, 6.07) is 3.46. The third-order valence-electron chi connectivity index (χ3n) is 1.73. The molecule has 15 heavy (non-hydrogen) atoms. The number of nitrogens with one attached hydrogen (secondary N) is 1. The first-order valence-corrected chi connectivity index (χ1v) is 5.39. The zero-order chi connectivity index (χ0) is 11.0. The van der Waals surface area contributed by atoms with Crippen molar-refractivity contribution in [1.29, 1.82) is 0 Å². The van der Waals surface area contributed by atoms with Crippen LogP contribution in [-0.4, -0.2) is 21.3 Å². The van der Waals surface area contributed by atoms with Gasteiger partial charge in [0.05, 0.1) is 14.9 Å². The molecule has 2 aromatic rings. The Balaban J connectivity index is 2.50. The lowest BCUT2D eigenvalue weighted by atomic mass is 10.3. The molecule has 4 nitrogen and oxygen atoms in total. The average Bonchev–Trinajstić information content (AvgIpc) is 2.71. The van der Waals surface area contributed by atoms with Crippen molar-refractivity contribution in [3.8, 4) is 10.6 Å². The molecule has 2 aromatic heterocycles. The van der Waals surface area contributed by atoms with Gasteiger partial charge in [-0.3, -0.25) is 5.10 Å². The van der Waals surface area contributed by atoms with Crippen molar-refractivity contribution < 1.29 is 9.90 Å². The minimum Gasteiger partial charge on any atom is -0.476 e. The zero-order valence-electron chi connectivity index (χ0n) is 7.12. The maximum absolute atomic E-state index is 10.7. The highest BCUT2D eigenvalue weighted by atomic mass is 35.5. The number of aromatic carboxylic acids is 1. The summed E-state index contributed by atoms with van der Waals surface area (Å²) in [6.07, 6.45) is 0. The van der Waals surface area contributed by atoms with Crippen molar-refractivity contribution in [2.24, 2.45) is 0 Å². The molecule has 0 atom stereocenters. The molecule has 0 aromatic carbocycles. The Bertz CT molecular complexity index is 520. The molecule has 0 saturated heterocycles. The summed E-state index contributed by atoms with van der Waals surface area (Å²) in [6.45, 7) is 0. The summed E-state index contributed by atoms with van der Waals surface area (Å²) in [5.74, 6) is -1.16. The molecular formula is C8H4Cl2N2O2S. The number of carboxylic acid groups (broad SMARTS) is 1. The first kappa shape index (κ1) is 10.5. The predicted molar refractivity (Wildman–Crippen MR) is 58.9 cm³/mol. The van der Waals surface area contributed by atoms with E-state index >= 15 is 0 Å². The van der Waals surface area contributed by atoms with Gasteiger partial charge in [0.2, 0.25) is 0 Å². The molecule has 7 heteroatoms. The fraction of sp³-hybridized carbons (Fsp3) is 0. The van der Waals surface area contributed by atoms with Gasteiger partial charge in [-0.05, 0) is 12.1 Å². The molecule has 0 saturated carbocycles. The van der Waals surface area contributed by atoms with E-state index in [4.69, 9.17) is 28.3 Å². The first-order chi connectivity index (χ1) is 7.09. The van der Waals surface area contributed by atoms with E-state index < -0.39 is 5.97 Å². The number of hydrogen-bond acceptors (Lipinski definition) is 3. The number of carboxylic acids is 1. The SMILES string of the molecule is O=C(O)c1n[nH]c(-c2ccc(Cl)s2)c1Cl. The normalized spacial score (nSPS) is 10.5. The van der Waals surface area contributed by atoms with Crippen LogP contribution in [0.1, 0.15) is 10.5 Å². The van der Waals surface area contributed by atoms with Gasteiger partial charge in [0.15, 0.2) is 5.69 Å². The predicted octanol–water partition coefficient (Wildman–Crippen LogP) is 3.14. The second kappa shape index (κ2) is 3.84. The summed E-state index contributed by atoms with van der Waals surface area (Å²) in [5, 5.41) is 15.0. The Hall–Kier alpha value is -1.04. The van der Waals surface area contributed by atoms with Crippen molar-refractivity contribution >= 4 is 40.5 Å². The third-order valence-corrected chi connectivity index (χ3v) is 3.35. The molecule has 0 unspecified atom stereocenters. The topological polar surface area (TPSA) is 66.0 Å². The van der Waals surface area contributed by atoms with Gasteiger partial charge in [-0.2, -0.15) is 5.10 Å². The van der Waals surface area contributed by atoms with E-state index in [1.165, 1.54) is 11.3 Å². The molecule has 2 rings (SSSR count). The number of H-pyrrole nitrogens is 1. The lowest BCUT2D eigenvalue weighted by molar-refractivity contribution is 0.0690. The van der Waals surface area contributed by atoms with Crippen LogP contribution < -0.4 is 0 Å². The van der Waals surface area contributed by atoms with E-state index in [-0.39, 0.29) is 10.7 Å². The second-order valence-corrected chi connectivity index (χ2v) is 4.76. The van der Waals surface area contributed by atoms with Gasteiger partial charge in [-0.25, -0.2) is 4.79 Å². The van der Waals surface area contributed by atoms with Crippen molar-refractivity contribution in [1.82, 2.24) is 10.2 Å². The lowest BCUT2D eigenvalue weighted by Gasteiger charge is -1.91. The molecule has 0 bridgehead atoms. The molecule has 0 radical (unpaired) electrons. The Morgan fingerprint density at radius 3 is 2.67 bits per heavy atom. The number of aromatic nitrogens is 2. The summed E-state index contributed by atoms with van der Waals surface area (Å²) >= 11 is 12.9. The second-order valence-electron chi connectivity index (χ2n) is 2.67. The highest BCUT2D eigenvalue weighted by Crippen LogP contribution is 2.35. The largest absolute Gasteiger partial charge is 0.476 e. The molecular weight excluding hydrogens is 259 g/mol. The molecule has 0 aliphatic carbocycles. The number of aromatic amines is 1. The van der Waals surface area contributed by atoms with E-state index in [1.807, 2.05) is 0 Å². The summed E-state index contributed by atoms with van der Waals surface area (Å²) < 4.78 is 0.604. The first-order valence-electron chi connectivity index (χ1n) is 3.82. The number of hydrogen-bond donors (Lipinski definition) is 2. The van der Waals surface area contributed by atoms with E-state index in [0.717, 1.165) is 4.88 Å². The monoisotopic (exact) mass is 262 g/mol. The van der Waals surface area contributed by atoms with E-state index in [2.05, 4.69) is 10.2 Å². The van der Waals surface area contributed by atoms with E-state index in [0.29, 0.717) is 10.0 Å². The van der Waals surface area contributed by atoms with Crippen molar-refractivity contribution in [3.63, 3.8) is 0 Å². The molecule has 0 spiro atoms. The fourth-order valence-corrected chi connectivity index (χ4v) is 2.45. The third kappa shape index (κ3) is 1.86. The number of nitrogens with zero attached hydrogens (tertiary/aromatic N) is 1. The summed E-state index contributed by atoms with van der Waals surface area (Å²) in [5.41, 5.74) is 0.294. The maximum atomic E-state index is 10.7. The van der Waals surface area contributed by atoms with E-state index in [1.54, 1.807) is 12.1 Å². The van der Waals surface area contributed by atoms with Gasteiger partial charge in [-0.1, -0.05) is 23.2 Å². The fourth-order valence-electron chi connectivity index (χ4n) is 1.08. The van der Waals surface area contributed by atoms with Crippen molar-refractivity contribution in [2.45, 2.75) is 0 Å². The summed E-state index contributed by atoms with van der Waals surface area (Å²) in [4.78, 5) is 11.4. The van der Waals surface area contributed by atoms with E-state index in [9.17, 15) is 4.79 Å². The van der Waals surface area contributed by atoms with Crippen LogP contribution in [0.25, 0.3) is 10.6 Å². The molecule has 0 fully saturated rings. The Morgan fingerprint density at radius 1 is 1.47 bits per heavy atom. The lowest BCUT2D eigenvalue weighted by Crippen LogP contribution is -1.96. The Morgan fingerprint density at radius 2 is 2.20 bits per heavy atom. The number of thiophene rings is 1. The zero-order valence-corrected chi connectivity index (χ0v) is 9.45. The van der Waals surface area contributed by atoms with Gasteiger partial charge in [0.25, 0.3) is 0 Å². The molecule has 0 amide bonds. The van der Waals surface area contributed by atoms with Crippen LogP contribution in [0, 0.1) is 0 Å². The molecule has 0 aliphatic rings. The number of halogens is 2. The quantitative estimate of drug-likeness (QED) is 0.874. The molecule has 2 N–H and O–H groups in total. The van der Waals surface area contributed by atoms with Crippen LogP contribution in [-0.2, 0) is 0 Å². The van der Waals surface area contributed by atoms with Gasteiger partial charge >= 0.3 is 5.97 Å². The highest BCUT2D eigenvalue weighted by molar-refractivity contribution is 7.19. The van der Waals surface area contributed by atoms with Crippen LogP contribution in [0.15, 0.2) is 12.1 Å². The van der Waals surface area contributed by atoms with Gasteiger partial charge in [0, 0.05) is 0 Å². The van der Waals surface area contributed by atoms with Gasteiger partial charge < -0.3 is 5.11 Å². The maximum Gasteiger partial charge on any atom is 0.357 e. The van der Waals surface area contributed by atoms with Crippen molar-refractivity contribution in [2.75, 3.05) is 0 Å². The minimum atomic E-state index is -1.16. The van der Waals surface area contributed by atoms with Gasteiger partial charge in [0.1, 0.15) is 5.02 Å². The van der Waals surface area contributed by atoms with Crippen LogP contribution in [0.3, 0.4) is 0 Å².